The highest BCUT2D eigenvalue weighted by Gasteiger charge is 1.99. The zero-order valence-corrected chi connectivity index (χ0v) is 12.5. The summed E-state index contributed by atoms with van der Waals surface area (Å²) in [4.78, 5) is 9.05. The predicted molar refractivity (Wildman–Crippen MR) is 88.0 cm³/mol. The molecule has 0 aliphatic carbocycles. The summed E-state index contributed by atoms with van der Waals surface area (Å²) in [5, 5.41) is 9.20. The minimum Gasteiger partial charge on any atom is -0.393 e. The maximum Gasteiger partial charge on any atom is 0.0894 e. The number of aliphatic hydroxyl groups excluding tert-OH is 1. The van der Waals surface area contributed by atoms with E-state index in [0.29, 0.717) is 0 Å². The molecule has 1 aromatic heterocycles. The Balaban J connectivity index is 2.03. The average molecular weight is 282 g/mol. The van der Waals surface area contributed by atoms with Gasteiger partial charge in [-0.25, -0.2) is 4.98 Å². The van der Waals surface area contributed by atoms with E-state index in [1.54, 1.807) is 6.20 Å². The quantitative estimate of drug-likeness (QED) is 0.618. The first-order valence-electron chi connectivity index (χ1n) is 7.40. The Hall–Kier alpha value is -2.00. The topological polar surface area (TPSA) is 46.0 Å². The molecule has 1 atom stereocenters. The van der Waals surface area contributed by atoms with Crippen molar-refractivity contribution in [2.45, 2.75) is 38.7 Å². The first kappa shape index (κ1) is 15.4. The summed E-state index contributed by atoms with van der Waals surface area (Å²) in [6.07, 6.45) is 11.2. The molecule has 1 aromatic carbocycles. The predicted octanol–water partition coefficient (Wildman–Crippen LogP) is 3.92. The SMILES string of the molecule is C=CCc1ccc2nc(/C=C/CCCC(C)O)cnc2c1. The molecule has 0 aliphatic rings. The van der Waals surface area contributed by atoms with Gasteiger partial charge in [-0.1, -0.05) is 18.2 Å². The number of unbranched alkanes of at least 4 members (excludes halogenated alkanes) is 1. The van der Waals surface area contributed by atoms with Gasteiger partial charge in [0, 0.05) is 0 Å². The molecule has 21 heavy (non-hydrogen) atoms. The minimum absolute atomic E-state index is 0.219. The molecule has 0 spiro atoms. The Kier molecular flexibility index (Phi) is 5.64. The van der Waals surface area contributed by atoms with Crippen molar-refractivity contribution in [3.05, 3.63) is 54.4 Å². The van der Waals surface area contributed by atoms with Crippen molar-refractivity contribution in [1.82, 2.24) is 9.97 Å². The van der Waals surface area contributed by atoms with Crippen LogP contribution < -0.4 is 0 Å². The third-order valence-corrected chi connectivity index (χ3v) is 3.29. The lowest BCUT2D eigenvalue weighted by Gasteiger charge is -2.02. The lowest BCUT2D eigenvalue weighted by molar-refractivity contribution is 0.182. The van der Waals surface area contributed by atoms with E-state index in [2.05, 4.69) is 34.8 Å². The Bertz CT molecular complexity index is 632. The summed E-state index contributed by atoms with van der Waals surface area (Å²) in [7, 11) is 0. The maximum atomic E-state index is 9.20. The number of hydrogen-bond donors (Lipinski definition) is 1. The number of nitrogens with zero attached hydrogens (tertiary/aromatic N) is 2. The van der Waals surface area contributed by atoms with Gasteiger partial charge in [-0.3, -0.25) is 4.98 Å². The van der Waals surface area contributed by atoms with Crippen molar-refractivity contribution in [2.24, 2.45) is 0 Å². The van der Waals surface area contributed by atoms with Gasteiger partial charge in [0.15, 0.2) is 0 Å². The van der Waals surface area contributed by atoms with Crippen LogP contribution in [0, 0.1) is 0 Å². The molecular formula is C18H22N2O. The molecule has 0 saturated heterocycles. The van der Waals surface area contributed by atoms with Gasteiger partial charge >= 0.3 is 0 Å². The Morgan fingerprint density at radius 3 is 2.95 bits per heavy atom. The van der Waals surface area contributed by atoms with Crippen LogP contribution in [0.5, 0.6) is 0 Å². The lowest BCUT2D eigenvalue weighted by atomic mass is 10.1. The standard InChI is InChI=1S/C18H22N2O/c1-3-7-15-10-11-17-18(12-15)19-13-16(20-17)9-6-4-5-8-14(2)21/h3,6,9-14,21H,1,4-5,7-8H2,2H3/b9-6+. The van der Waals surface area contributed by atoms with Gasteiger partial charge in [0.1, 0.15) is 0 Å². The van der Waals surface area contributed by atoms with Crippen LogP contribution in [0.1, 0.15) is 37.4 Å². The van der Waals surface area contributed by atoms with Crippen molar-refractivity contribution < 1.29 is 5.11 Å². The van der Waals surface area contributed by atoms with E-state index in [4.69, 9.17) is 0 Å². The summed E-state index contributed by atoms with van der Waals surface area (Å²) >= 11 is 0. The number of rotatable bonds is 7. The van der Waals surface area contributed by atoms with E-state index in [1.165, 1.54) is 5.56 Å². The number of aromatic nitrogens is 2. The molecule has 0 radical (unpaired) electrons. The summed E-state index contributed by atoms with van der Waals surface area (Å²) in [6, 6.07) is 6.13. The smallest absolute Gasteiger partial charge is 0.0894 e. The molecule has 2 aromatic rings. The largest absolute Gasteiger partial charge is 0.393 e. The second kappa shape index (κ2) is 7.70. The normalized spacial score (nSPS) is 12.9. The molecule has 3 heteroatoms. The molecule has 1 heterocycles. The molecule has 3 nitrogen and oxygen atoms in total. The number of allylic oxidation sites excluding steroid dienone is 2. The van der Waals surface area contributed by atoms with E-state index < -0.39 is 0 Å². The number of aliphatic hydroxyl groups is 1. The van der Waals surface area contributed by atoms with Crippen LogP contribution in [0.25, 0.3) is 17.1 Å². The Labute approximate surface area is 126 Å². The molecule has 0 amide bonds. The summed E-state index contributed by atoms with van der Waals surface area (Å²) in [5.41, 5.74) is 3.90. The third-order valence-electron chi connectivity index (χ3n) is 3.29. The summed E-state index contributed by atoms with van der Waals surface area (Å²) < 4.78 is 0. The fraction of sp³-hybridized carbons (Fsp3) is 0.333. The van der Waals surface area contributed by atoms with Gasteiger partial charge in [0.05, 0.1) is 29.0 Å². The number of benzene rings is 1. The van der Waals surface area contributed by atoms with Crippen LogP contribution in [0.15, 0.2) is 43.1 Å². The van der Waals surface area contributed by atoms with E-state index in [0.717, 1.165) is 42.4 Å². The van der Waals surface area contributed by atoms with Crippen LogP contribution in [-0.2, 0) is 6.42 Å². The third kappa shape index (κ3) is 4.80. The fourth-order valence-corrected chi connectivity index (χ4v) is 2.18. The second-order valence-corrected chi connectivity index (χ2v) is 5.29. The van der Waals surface area contributed by atoms with Crippen molar-refractivity contribution in [3.63, 3.8) is 0 Å². The summed E-state index contributed by atoms with van der Waals surface area (Å²) in [6.45, 7) is 5.57. The first-order chi connectivity index (χ1) is 10.2. The maximum absolute atomic E-state index is 9.20. The highest BCUT2D eigenvalue weighted by molar-refractivity contribution is 5.75. The fourth-order valence-electron chi connectivity index (χ4n) is 2.18. The monoisotopic (exact) mass is 282 g/mol. The molecular weight excluding hydrogens is 260 g/mol. The minimum atomic E-state index is -0.219. The average Bonchev–Trinajstić information content (AvgIpc) is 2.47. The van der Waals surface area contributed by atoms with Crippen molar-refractivity contribution >= 4 is 17.1 Å². The number of hydrogen-bond acceptors (Lipinski definition) is 3. The Morgan fingerprint density at radius 1 is 1.33 bits per heavy atom. The van der Waals surface area contributed by atoms with Crippen LogP contribution in [0.2, 0.25) is 0 Å². The molecule has 1 unspecified atom stereocenters. The van der Waals surface area contributed by atoms with Crippen LogP contribution in [-0.4, -0.2) is 21.2 Å². The zero-order valence-electron chi connectivity index (χ0n) is 12.5. The van der Waals surface area contributed by atoms with Gasteiger partial charge < -0.3 is 5.11 Å². The zero-order chi connectivity index (χ0) is 15.1. The Morgan fingerprint density at radius 2 is 2.19 bits per heavy atom. The molecule has 0 saturated carbocycles. The van der Waals surface area contributed by atoms with Crippen LogP contribution in [0.4, 0.5) is 0 Å². The molecule has 110 valence electrons. The van der Waals surface area contributed by atoms with Crippen LogP contribution >= 0.6 is 0 Å². The molecule has 2 rings (SSSR count). The van der Waals surface area contributed by atoms with Crippen molar-refractivity contribution in [2.75, 3.05) is 0 Å². The van der Waals surface area contributed by atoms with E-state index in [-0.39, 0.29) is 6.10 Å². The van der Waals surface area contributed by atoms with E-state index in [1.807, 2.05) is 25.1 Å². The molecule has 0 bridgehead atoms. The van der Waals surface area contributed by atoms with Gasteiger partial charge in [-0.05, 0) is 56.4 Å². The van der Waals surface area contributed by atoms with Crippen molar-refractivity contribution in [1.29, 1.82) is 0 Å². The highest BCUT2D eigenvalue weighted by Crippen LogP contribution is 2.14. The van der Waals surface area contributed by atoms with Crippen LogP contribution in [0.3, 0.4) is 0 Å². The lowest BCUT2D eigenvalue weighted by Crippen LogP contribution is -1.97. The molecule has 0 aliphatic heterocycles. The summed E-state index contributed by atoms with van der Waals surface area (Å²) in [5.74, 6) is 0. The van der Waals surface area contributed by atoms with Gasteiger partial charge in [0.2, 0.25) is 0 Å². The van der Waals surface area contributed by atoms with Gasteiger partial charge in [-0.2, -0.15) is 0 Å². The van der Waals surface area contributed by atoms with E-state index in [9.17, 15) is 5.11 Å². The highest BCUT2D eigenvalue weighted by atomic mass is 16.3. The molecule has 1 N–H and O–H groups in total. The number of fused-ring (bicyclic) bond motifs is 1. The van der Waals surface area contributed by atoms with E-state index >= 15 is 0 Å². The second-order valence-electron chi connectivity index (χ2n) is 5.29. The van der Waals surface area contributed by atoms with Gasteiger partial charge in [0.25, 0.3) is 0 Å². The first-order valence-corrected chi connectivity index (χ1v) is 7.40. The van der Waals surface area contributed by atoms with Crippen molar-refractivity contribution in [3.8, 4) is 0 Å². The van der Waals surface area contributed by atoms with Gasteiger partial charge in [-0.15, -0.1) is 6.58 Å². The molecule has 0 fully saturated rings.